The number of carbonyl (C=O) groups is 1. The molecule has 0 unspecified atom stereocenters. The summed E-state index contributed by atoms with van der Waals surface area (Å²) in [5, 5.41) is 12.0. The van der Waals surface area contributed by atoms with E-state index in [4.69, 9.17) is 21.1 Å². The molecule has 0 bridgehead atoms. The van der Waals surface area contributed by atoms with Crippen molar-refractivity contribution in [2.24, 2.45) is 0 Å². The first-order valence-corrected chi connectivity index (χ1v) is 11.4. The Balaban J connectivity index is 1.55. The fourth-order valence-corrected chi connectivity index (χ4v) is 5.72. The lowest BCUT2D eigenvalue weighted by Crippen LogP contribution is -2.44. The van der Waals surface area contributed by atoms with Crippen LogP contribution >= 0.6 is 11.6 Å². The van der Waals surface area contributed by atoms with Crippen LogP contribution in [0.1, 0.15) is 55.2 Å². The summed E-state index contributed by atoms with van der Waals surface area (Å²) in [6.45, 7) is 4.76. The normalized spacial score (nSPS) is 28.0. The van der Waals surface area contributed by atoms with Crippen molar-refractivity contribution >= 4 is 23.1 Å². The first-order valence-electron chi connectivity index (χ1n) is 11.0. The van der Waals surface area contributed by atoms with Crippen LogP contribution in [0.2, 0.25) is 5.02 Å². The van der Waals surface area contributed by atoms with Gasteiger partial charge in [-0.2, -0.15) is 0 Å². The summed E-state index contributed by atoms with van der Waals surface area (Å²) >= 11 is 6.05. The summed E-state index contributed by atoms with van der Waals surface area (Å²) in [5.41, 5.74) is 3.98. The Kier molecular flexibility index (Phi) is 4.91. The molecule has 31 heavy (non-hydrogen) atoms. The highest BCUT2D eigenvalue weighted by Gasteiger charge is 2.54. The molecule has 1 saturated carbocycles. The average molecular weight is 439 g/mol. The molecule has 3 aliphatic rings. The minimum absolute atomic E-state index is 0.0878. The van der Waals surface area contributed by atoms with Crippen molar-refractivity contribution in [1.82, 2.24) is 0 Å². The van der Waals surface area contributed by atoms with Gasteiger partial charge in [0, 0.05) is 11.6 Å². The molecule has 2 aromatic carbocycles. The van der Waals surface area contributed by atoms with Crippen molar-refractivity contribution in [1.29, 1.82) is 0 Å². The van der Waals surface area contributed by atoms with Crippen molar-refractivity contribution in [3.63, 3.8) is 0 Å². The van der Waals surface area contributed by atoms with Crippen LogP contribution in [0, 0.1) is 13.8 Å². The van der Waals surface area contributed by atoms with E-state index in [0.29, 0.717) is 23.4 Å². The van der Waals surface area contributed by atoms with Crippen LogP contribution in [0.25, 0.3) is 16.7 Å². The van der Waals surface area contributed by atoms with E-state index in [2.05, 4.69) is 0 Å². The quantitative estimate of drug-likeness (QED) is 0.558. The highest BCUT2D eigenvalue weighted by molar-refractivity contribution is 6.30. The van der Waals surface area contributed by atoms with Gasteiger partial charge in [0.15, 0.2) is 11.4 Å². The van der Waals surface area contributed by atoms with E-state index >= 15 is 0 Å². The molecule has 2 spiro atoms. The Hall–Kier alpha value is -2.30. The summed E-state index contributed by atoms with van der Waals surface area (Å²) in [6.07, 6.45) is 4.94. The number of carbonyl (C=O) groups excluding carboxylic acids is 1. The lowest BCUT2D eigenvalue weighted by atomic mass is 9.73. The molecule has 5 rings (SSSR count). The molecule has 1 saturated heterocycles. The Morgan fingerprint density at radius 1 is 0.968 bits per heavy atom. The van der Waals surface area contributed by atoms with Crippen LogP contribution < -0.4 is 0 Å². The standard InChI is InChI=1S/C26H27ClO4/c1-16-4-9-20(18-5-7-19(27)8-6-18)17(2)21(16)22-23(28)26(31-24(22)29)13-11-25(12-14-26)10-3-15-30-25/h4-9,28H,3,10-15H2,1-2H3/t25-,26-. The minimum Gasteiger partial charge on any atom is -0.507 e. The maximum absolute atomic E-state index is 13.1. The molecule has 5 heteroatoms. The molecule has 1 aliphatic carbocycles. The monoisotopic (exact) mass is 438 g/mol. The molecule has 0 atom stereocenters. The van der Waals surface area contributed by atoms with Gasteiger partial charge in [0.25, 0.3) is 0 Å². The first-order chi connectivity index (χ1) is 14.8. The van der Waals surface area contributed by atoms with Gasteiger partial charge in [0.1, 0.15) is 5.57 Å². The summed E-state index contributed by atoms with van der Waals surface area (Å²) in [5.74, 6) is -0.343. The highest BCUT2D eigenvalue weighted by atomic mass is 35.5. The average Bonchev–Trinajstić information content (AvgIpc) is 3.30. The van der Waals surface area contributed by atoms with Crippen molar-refractivity contribution in [3.8, 4) is 11.1 Å². The number of hydrogen-bond acceptors (Lipinski definition) is 4. The second kappa shape index (κ2) is 7.39. The second-order valence-electron chi connectivity index (χ2n) is 9.18. The predicted molar refractivity (Wildman–Crippen MR) is 121 cm³/mol. The van der Waals surface area contributed by atoms with Crippen molar-refractivity contribution in [3.05, 3.63) is 63.9 Å². The van der Waals surface area contributed by atoms with Gasteiger partial charge in [-0.1, -0.05) is 35.9 Å². The largest absolute Gasteiger partial charge is 0.507 e. The zero-order chi connectivity index (χ0) is 21.8. The van der Waals surface area contributed by atoms with E-state index in [9.17, 15) is 9.90 Å². The lowest BCUT2D eigenvalue weighted by Gasteiger charge is -2.41. The Morgan fingerprint density at radius 2 is 1.68 bits per heavy atom. The molecule has 0 amide bonds. The van der Waals surface area contributed by atoms with Gasteiger partial charge in [0.05, 0.1) is 5.60 Å². The Morgan fingerprint density at radius 3 is 2.32 bits per heavy atom. The van der Waals surface area contributed by atoms with E-state index in [-0.39, 0.29) is 11.4 Å². The maximum atomic E-state index is 13.1. The van der Waals surface area contributed by atoms with Gasteiger partial charge >= 0.3 is 5.97 Å². The van der Waals surface area contributed by atoms with Crippen LogP contribution in [0.4, 0.5) is 0 Å². The molecule has 2 aliphatic heterocycles. The smallest absolute Gasteiger partial charge is 0.343 e. The minimum atomic E-state index is -0.918. The molecular weight excluding hydrogens is 412 g/mol. The third-order valence-electron chi connectivity index (χ3n) is 7.39. The van der Waals surface area contributed by atoms with Crippen molar-refractivity contribution in [2.45, 2.75) is 63.6 Å². The summed E-state index contributed by atoms with van der Waals surface area (Å²) in [6, 6.07) is 11.7. The number of rotatable bonds is 2. The molecule has 4 nitrogen and oxygen atoms in total. The maximum Gasteiger partial charge on any atom is 0.343 e. The van der Waals surface area contributed by atoms with Crippen LogP contribution in [-0.2, 0) is 14.3 Å². The van der Waals surface area contributed by atoms with Gasteiger partial charge < -0.3 is 14.6 Å². The third kappa shape index (κ3) is 3.28. The van der Waals surface area contributed by atoms with Gasteiger partial charge in [0.2, 0.25) is 0 Å². The number of esters is 1. The van der Waals surface area contributed by atoms with Crippen LogP contribution in [0.15, 0.2) is 42.2 Å². The molecule has 0 radical (unpaired) electrons. The van der Waals surface area contributed by atoms with Crippen molar-refractivity contribution < 1.29 is 19.4 Å². The molecule has 1 N–H and O–H groups in total. The number of ether oxygens (including phenoxy) is 2. The van der Waals surface area contributed by atoms with Crippen LogP contribution in [0.5, 0.6) is 0 Å². The van der Waals surface area contributed by atoms with E-state index in [1.54, 1.807) is 0 Å². The number of halogens is 1. The first kappa shape index (κ1) is 20.6. The summed E-state index contributed by atoms with van der Waals surface area (Å²) in [7, 11) is 0. The van der Waals surface area contributed by atoms with E-state index < -0.39 is 11.6 Å². The molecule has 2 aromatic rings. The van der Waals surface area contributed by atoms with Gasteiger partial charge in [-0.3, -0.25) is 0 Å². The number of aliphatic hydroxyl groups excluding tert-OH is 1. The fraction of sp³-hybridized carbons (Fsp3) is 0.423. The zero-order valence-corrected chi connectivity index (χ0v) is 18.7. The highest BCUT2D eigenvalue weighted by Crippen LogP contribution is 2.51. The van der Waals surface area contributed by atoms with Crippen LogP contribution in [0.3, 0.4) is 0 Å². The Labute approximate surface area is 187 Å². The number of aryl methyl sites for hydroxylation is 1. The SMILES string of the molecule is Cc1ccc(-c2ccc(Cl)cc2)c(C)c1C1=C(O)[C@]2(CC[C@]3(CCCO3)CC2)OC1=O. The predicted octanol–water partition coefficient (Wildman–Crippen LogP) is 6.31. The second-order valence-corrected chi connectivity index (χ2v) is 9.62. The van der Waals surface area contributed by atoms with Gasteiger partial charge in [-0.05, 0) is 92.3 Å². The van der Waals surface area contributed by atoms with Gasteiger partial charge in [-0.15, -0.1) is 0 Å². The number of hydrogen-bond donors (Lipinski definition) is 1. The lowest BCUT2D eigenvalue weighted by molar-refractivity contribution is -0.156. The molecule has 162 valence electrons. The number of aliphatic hydroxyl groups is 1. The van der Waals surface area contributed by atoms with E-state index in [1.807, 2.05) is 50.2 Å². The Bertz CT molecular complexity index is 1070. The summed E-state index contributed by atoms with van der Waals surface area (Å²) in [4.78, 5) is 13.1. The fourth-order valence-electron chi connectivity index (χ4n) is 5.59. The topological polar surface area (TPSA) is 55.8 Å². The molecule has 2 fully saturated rings. The van der Waals surface area contributed by atoms with E-state index in [0.717, 1.165) is 60.1 Å². The molecule has 2 heterocycles. The van der Waals surface area contributed by atoms with Crippen LogP contribution in [-0.4, -0.2) is 28.9 Å². The summed E-state index contributed by atoms with van der Waals surface area (Å²) < 4.78 is 11.9. The zero-order valence-electron chi connectivity index (χ0n) is 18.0. The molecular formula is C26H27ClO4. The third-order valence-corrected chi connectivity index (χ3v) is 7.64. The molecule has 0 aromatic heterocycles. The van der Waals surface area contributed by atoms with Gasteiger partial charge in [-0.25, -0.2) is 4.79 Å². The van der Waals surface area contributed by atoms with E-state index in [1.165, 1.54) is 0 Å². The van der Waals surface area contributed by atoms with Crippen molar-refractivity contribution in [2.75, 3.05) is 6.61 Å². The number of benzene rings is 2.